The third-order valence-electron chi connectivity index (χ3n) is 10.6. The second-order valence-electron chi connectivity index (χ2n) is 15.4. The SMILES string of the molecule is CC1(C)CN(c2ccc3nc(-c4ccc5c(c4)OCCO5)cc(=O)n3c2)CCN1.C[C@@H]1CN(c2ccc3nc(-c4ccc5c(c4)OCCO5)cc(=O)n3c2)CCN1. The summed E-state index contributed by atoms with van der Waals surface area (Å²) in [6.07, 6.45) is 3.77. The van der Waals surface area contributed by atoms with Crippen LogP contribution in [0.3, 0.4) is 0 Å². The Balaban J connectivity index is 0.000000148. The first kappa shape index (κ1) is 36.5. The van der Waals surface area contributed by atoms with Crippen LogP contribution >= 0.6 is 0 Å². The van der Waals surface area contributed by atoms with Gasteiger partial charge in [-0.3, -0.25) is 18.4 Å². The van der Waals surface area contributed by atoms with E-state index in [2.05, 4.69) is 41.2 Å². The zero-order valence-electron chi connectivity index (χ0n) is 32.4. The molecule has 4 aromatic heterocycles. The van der Waals surface area contributed by atoms with Crippen LogP contribution in [0.15, 0.2) is 94.8 Å². The number of nitrogens with zero attached hydrogens (tertiary/aromatic N) is 6. The first-order valence-corrected chi connectivity index (χ1v) is 19.5. The molecule has 6 aromatic rings. The van der Waals surface area contributed by atoms with Crippen molar-refractivity contribution in [2.45, 2.75) is 32.4 Å². The number of benzene rings is 2. The molecule has 4 aliphatic rings. The molecule has 14 nitrogen and oxygen atoms in total. The number of rotatable bonds is 4. The lowest BCUT2D eigenvalue weighted by Gasteiger charge is -2.40. The number of pyridine rings is 2. The van der Waals surface area contributed by atoms with Gasteiger partial charge in [0.15, 0.2) is 23.0 Å². The molecule has 1 atom stereocenters. The van der Waals surface area contributed by atoms with Gasteiger partial charge in [0.2, 0.25) is 0 Å². The summed E-state index contributed by atoms with van der Waals surface area (Å²) in [7, 11) is 0. The Hall–Kier alpha value is -6.12. The predicted octanol–water partition coefficient (Wildman–Crippen LogP) is 4.25. The summed E-state index contributed by atoms with van der Waals surface area (Å²) in [6.45, 7) is 14.2. The molecule has 4 aliphatic heterocycles. The van der Waals surface area contributed by atoms with Gasteiger partial charge in [0, 0.05) is 86.5 Å². The minimum absolute atomic E-state index is 0.0402. The molecule has 10 rings (SSSR count). The van der Waals surface area contributed by atoms with Gasteiger partial charge in [0.1, 0.15) is 37.7 Å². The zero-order valence-corrected chi connectivity index (χ0v) is 32.4. The maximum atomic E-state index is 12.9. The summed E-state index contributed by atoms with van der Waals surface area (Å²) in [5.74, 6) is 2.82. The summed E-state index contributed by atoms with van der Waals surface area (Å²) in [4.78, 5) is 39.7. The van der Waals surface area contributed by atoms with Crippen LogP contribution in [0, 0.1) is 0 Å². The van der Waals surface area contributed by atoms with E-state index >= 15 is 0 Å². The average molecular weight is 771 g/mol. The molecule has 0 unspecified atom stereocenters. The summed E-state index contributed by atoms with van der Waals surface area (Å²) in [5.41, 5.74) is 6.10. The topological polar surface area (TPSA) is 136 Å². The summed E-state index contributed by atoms with van der Waals surface area (Å²) in [6, 6.07) is 22.8. The Kier molecular flexibility index (Phi) is 9.66. The molecule has 294 valence electrons. The van der Waals surface area contributed by atoms with E-state index in [0.717, 1.165) is 73.3 Å². The molecule has 57 heavy (non-hydrogen) atoms. The molecule has 2 saturated heterocycles. The minimum atomic E-state index is -0.101. The number of hydrogen-bond donors (Lipinski definition) is 2. The van der Waals surface area contributed by atoms with Crippen molar-refractivity contribution >= 4 is 22.7 Å². The Bertz CT molecular complexity index is 2590. The monoisotopic (exact) mass is 770 g/mol. The third kappa shape index (κ3) is 7.70. The van der Waals surface area contributed by atoms with Crippen LogP contribution in [0.4, 0.5) is 11.4 Å². The van der Waals surface area contributed by atoms with Crippen molar-refractivity contribution in [2.75, 3.05) is 75.5 Å². The van der Waals surface area contributed by atoms with Gasteiger partial charge in [0.05, 0.1) is 22.8 Å². The van der Waals surface area contributed by atoms with Crippen molar-refractivity contribution in [1.29, 1.82) is 0 Å². The van der Waals surface area contributed by atoms with E-state index in [1.54, 1.807) is 20.9 Å². The van der Waals surface area contributed by atoms with Crippen LogP contribution in [0.5, 0.6) is 23.0 Å². The third-order valence-corrected chi connectivity index (χ3v) is 10.6. The number of anilines is 2. The van der Waals surface area contributed by atoms with Gasteiger partial charge in [-0.1, -0.05) is 0 Å². The van der Waals surface area contributed by atoms with Gasteiger partial charge >= 0.3 is 0 Å². The fourth-order valence-electron chi connectivity index (χ4n) is 7.79. The van der Waals surface area contributed by atoms with Gasteiger partial charge in [-0.25, -0.2) is 9.97 Å². The number of aromatic nitrogens is 4. The molecule has 8 heterocycles. The Morgan fingerprint density at radius 3 is 1.67 bits per heavy atom. The molecule has 2 N–H and O–H groups in total. The largest absolute Gasteiger partial charge is 0.486 e. The van der Waals surface area contributed by atoms with Crippen LogP contribution in [0.2, 0.25) is 0 Å². The number of nitrogens with one attached hydrogen (secondary N) is 2. The van der Waals surface area contributed by atoms with Crippen molar-refractivity contribution in [2.24, 2.45) is 0 Å². The fourth-order valence-corrected chi connectivity index (χ4v) is 7.79. The highest BCUT2D eigenvalue weighted by atomic mass is 16.6. The summed E-state index contributed by atoms with van der Waals surface area (Å²) >= 11 is 0. The number of fused-ring (bicyclic) bond motifs is 4. The molecule has 2 fully saturated rings. The fraction of sp³-hybridized carbons (Fsp3) is 0.349. The zero-order chi connectivity index (χ0) is 39.1. The van der Waals surface area contributed by atoms with Crippen LogP contribution in [-0.2, 0) is 0 Å². The van der Waals surface area contributed by atoms with E-state index in [4.69, 9.17) is 28.9 Å². The highest BCUT2D eigenvalue weighted by molar-refractivity contribution is 5.68. The highest BCUT2D eigenvalue weighted by Crippen LogP contribution is 2.35. The van der Waals surface area contributed by atoms with Gasteiger partial charge < -0.3 is 39.4 Å². The normalized spacial score (nSPS) is 18.5. The molecule has 0 saturated carbocycles. The molecule has 14 heteroatoms. The van der Waals surface area contributed by atoms with Crippen LogP contribution in [0.1, 0.15) is 20.8 Å². The average Bonchev–Trinajstić information content (AvgIpc) is 3.23. The predicted molar refractivity (Wildman–Crippen MR) is 220 cm³/mol. The lowest BCUT2D eigenvalue weighted by molar-refractivity contribution is 0.171. The van der Waals surface area contributed by atoms with Crippen molar-refractivity contribution < 1.29 is 18.9 Å². The second kappa shape index (κ2) is 15.1. The molecule has 2 aromatic carbocycles. The molecule has 0 aliphatic carbocycles. The molecule has 0 bridgehead atoms. The van der Waals surface area contributed by atoms with Crippen molar-refractivity contribution in [3.05, 3.63) is 106 Å². The lowest BCUT2D eigenvalue weighted by Crippen LogP contribution is -2.57. The van der Waals surface area contributed by atoms with E-state index in [0.29, 0.717) is 66.7 Å². The lowest BCUT2D eigenvalue weighted by atomic mass is 10.0. The smallest absolute Gasteiger partial charge is 0.258 e. The standard InChI is InChI=1S/C22H24N4O3.C21H22N4O3/c1-22(2)14-25(8-7-23-22)16-4-6-20-24-17(12-21(27)26(20)13-16)15-3-5-18-19(11-15)29-10-9-28-18;1-14-12-24(7-6-22-14)16-3-5-20-23-17(11-21(26)25(20)13-16)15-2-4-18-19(10-15)28-9-8-27-18/h3-6,11-13,23H,7-10,14H2,1-2H3;2-5,10-11,13-14,22H,6-9,12H2,1H3/t;14-/m.1/s1. The molecule has 0 spiro atoms. The second-order valence-corrected chi connectivity index (χ2v) is 15.4. The Morgan fingerprint density at radius 2 is 1.14 bits per heavy atom. The molecular formula is C43H46N8O6. The quantitative estimate of drug-likeness (QED) is 0.265. The first-order valence-electron chi connectivity index (χ1n) is 19.5. The Labute approximate surface area is 329 Å². The van der Waals surface area contributed by atoms with E-state index in [-0.39, 0.29) is 16.7 Å². The minimum Gasteiger partial charge on any atom is -0.486 e. The van der Waals surface area contributed by atoms with Gasteiger partial charge in [-0.2, -0.15) is 0 Å². The Morgan fingerprint density at radius 1 is 0.632 bits per heavy atom. The highest BCUT2D eigenvalue weighted by Gasteiger charge is 2.26. The van der Waals surface area contributed by atoms with Gasteiger partial charge in [-0.15, -0.1) is 0 Å². The van der Waals surface area contributed by atoms with Gasteiger partial charge in [-0.05, 0) is 81.4 Å². The van der Waals surface area contributed by atoms with E-state index in [1.807, 2.05) is 73.1 Å². The maximum Gasteiger partial charge on any atom is 0.258 e. The van der Waals surface area contributed by atoms with Crippen LogP contribution < -0.4 is 50.5 Å². The van der Waals surface area contributed by atoms with Crippen molar-refractivity contribution in [3.8, 4) is 45.5 Å². The summed E-state index contributed by atoms with van der Waals surface area (Å²) < 4.78 is 25.7. The molecule has 0 amide bonds. The van der Waals surface area contributed by atoms with Gasteiger partial charge in [0.25, 0.3) is 11.1 Å². The number of hydrogen-bond acceptors (Lipinski definition) is 12. The number of ether oxygens (including phenoxy) is 4. The maximum absolute atomic E-state index is 12.9. The summed E-state index contributed by atoms with van der Waals surface area (Å²) in [5, 5.41) is 6.95. The van der Waals surface area contributed by atoms with E-state index in [1.165, 1.54) is 0 Å². The van der Waals surface area contributed by atoms with Crippen LogP contribution in [0.25, 0.3) is 33.8 Å². The van der Waals surface area contributed by atoms with Crippen LogP contribution in [-0.4, -0.2) is 96.0 Å². The van der Waals surface area contributed by atoms with Crippen molar-refractivity contribution in [3.63, 3.8) is 0 Å². The van der Waals surface area contributed by atoms with E-state index < -0.39 is 0 Å². The van der Waals surface area contributed by atoms with Crippen molar-refractivity contribution in [1.82, 2.24) is 29.4 Å². The first-order chi connectivity index (χ1) is 27.7. The van der Waals surface area contributed by atoms with E-state index in [9.17, 15) is 9.59 Å². The molecular weight excluding hydrogens is 725 g/mol. The number of piperazine rings is 2. The molecule has 0 radical (unpaired) electrons.